The number of carbonyl (C=O) groups is 4. The Morgan fingerprint density at radius 2 is 1.21 bits per heavy atom. The number of anilines is 2. The van der Waals surface area contributed by atoms with E-state index < -0.39 is 5.82 Å². The molecular formula is C42H40ClFN6O6. The molecule has 4 aromatic heterocycles. The van der Waals surface area contributed by atoms with E-state index in [1.807, 2.05) is 6.07 Å². The molecule has 0 spiro atoms. The van der Waals surface area contributed by atoms with Crippen LogP contribution in [-0.4, -0.2) is 57.4 Å². The van der Waals surface area contributed by atoms with Crippen molar-refractivity contribution in [3.05, 3.63) is 131 Å². The van der Waals surface area contributed by atoms with E-state index in [-0.39, 0.29) is 47.6 Å². The first kappa shape index (κ1) is 40.8. The van der Waals surface area contributed by atoms with Gasteiger partial charge >= 0.3 is 0 Å². The average Bonchev–Trinajstić information content (AvgIpc) is 3.82. The van der Waals surface area contributed by atoms with Crippen molar-refractivity contribution in [1.29, 1.82) is 0 Å². The lowest BCUT2D eigenvalue weighted by Crippen LogP contribution is -2.25. The third-order valence-corrected chi connectivity index (χ3v) is 9.00. The van der Waals surface area contributed by atoms with Gasteiger partial charge in [0.25, 0.3) is 0 Å². The van der Waals surface area contributed by atoms with Gasteiger partial charge in [-0.1, -0.05) is 43.6 Å². The van der Waals surface area contributed by atoms with Crippen LogP contribution in [0.1, 0.15) is 70.8 Å². The summed E-state index contributed by atoms with van der Waals surface area (Å²) in [4.78, 5) is 67.7. The van der Waals surface area contributed by atoms with E-state index in [2.05, 4.69) is 19.9 Å². The third kappa shape index (κ3) is 10.0. The molecule has 0 bridgehead atoms. The van der Waals surface area contributed by atoms with Crippen LogP contribution in [0.4, 0.5) is 15.8 Å². The second kappa shape index (κ2) is 18.3. The summed E-state index contributed by atoms with van der Waals surface area (Å²) >= 11 is 6.36. The summed E-state index contributed by atoms with van der Waals surface area (Å²) in [5.74, 6) is 1.03. The van der Waals surface area contributed by atoms with Crippen LogP contribution >= 0.6 is 11.6 Å². The molecule has 6 aromatic rings. The zero-order valence-corrected chi connectivity index (χ0v) is 32.6. The molecule has 0 unspecified atom stereocenters. The second-order valence-electron chi connectivity index (χ2n) is 12.7. The lowest BCUT2D eigenvalue weighted by Gasteiger charge is -2.18. The Kier molecular flexibility index (Phi) is 13.4. The van der Waals surface area contributed by atoms with Gasteiger partial charge in [0.05, 0.1) is 47.3 Å². The fraction of sp³-hybridized carbons (Fsp3) is 0.238. The van der Waals surface area contributed by atoms with Crippen molar-refractivity contribution in [3.8, 4) is 22.4 Å². The van der Waals surface area contributed by atoms with Gasteiger partial charge in [-0.15, -0.1) is 0 Å². The molecule has 0 saturated carbocycles. The smallest absolute Gasteiger partial charge is 0.226 e. The van der Waals surface area contributed by atoms with Gasteiger partial charge in [-0.3, -0.25) is 29.1 Å². The number of nitrogens with zero attached hydrogens (tertiary/aromatic N) is 6. The highest BCUT2D eigenvalue weighted by Crippen LogP contribution is 2.31. The van der Waals surface area contributed by atoms with Gasteiger partial charge < -0.3 is 18.6 Å². The van der Waals surface area contributed by atoms with E-state index in [0.29, 0.717) is 69.2 Å². The molecule has 0 fully saturated rings. The van der Waals surface area contributed by atoms with Crippen LogP contribution in [0.15, 0.2) is 94.3 Å². The number of Topliss-reactive ketones (excluding diaryl/α,β-unsaturated/α-hetero) is 2. The Morgan fingerprint density at radius 3 is 1.71 bits per heavy atom. The highest BCUT2D eigenvalue weighted by atomic mass is 35.5. The number of amides is 2. The van der Waals surface area contributed by atoms with E-state index >= 15 is 0 Å². The van der Waals surface area contributed by atoms with Crippen LogP contribution in [0.3, 0.4) is 0 Å². The highest BCUT2D eigenvalue weighted by molar-refractivity contribution is 6.34. The lowest BCUT2D eigenvalue weighted by molar-refractivity contribution is -0.118. The maximum Gasteiger partial charge on any atom is 0.226 e. The molecule has 4 heterocycles. The minimum absolute atomic E-state index is 0.0168. The van der Waals surface area contributed by atoms with Crippen LogP contribution in [0.25, 0.3) is 22.4 Å². The zero-order valence-electron chi connectivity index (χ0n) is 31.8. The second-order valence-corrected chi connectivity index (χ2v) is 13.1. The molecule has 288 valence electrons. The van der Waals surface area contributed by atoms with Crippen molar-refractivity contribution >= 4 is 46.4 Å². The molecule has 56 heavy (non-hydrogen) atoms. The number of hydrogen-bond acceptors (Lipinski definition) is 10. The minimum Gasteiger partial charge on any atom is -0.446 e. The molecule has 0 saturated heterocycles. The van der Waals surface area contributed by atoms with Crippen molar-refractivity contribution < 1.29 is 32.4 Å². The van der Waals surface area contributed by atoms with Crippen molar-refractivity contribution in [1.82, 2.24) is 19.9 Å². The first-order valence-corrected chi connectivity index (χ1v) is 18.1. The lowest BCUT2D eigenvalue weighted by atomic mass is 10.1. The van der Waals surface area contributed by atoms with Gasteiger partial charge in [-0.25, -0.2) is 14.4 Å². The number of benzene rings is 2. The molecule has 6 rings (SSSR count). The quantitative estimate of drug-likeness (QED) is 0.111. The Balaban J connectivity index is 0.000000214. The normalized spacial score (nSPS) is 10.7. The summed E-state index contributed by atoms with van der Waals surface area (Å²) in [6, 6.07) is 16.8. The van der Waals surface area contributed by atoms with E-state index in [9.17, 15) is 23.6 Å². The Hall–Kier alpha value is -6.34. The molecule has 0 aliphatic rings. The molecular weight excluding hydrogens is 739 g/mol. The largest absolute Gasteiger partial charge is 0.446 e. The molecule has 2 aromatic carbocycles. The first-order chi connectivity index (χ1) is 26.8. The zero-order chi connectivity index (χ0) is 40.5. The van der Waals surface area contributed by atoms with Crippen LogP contribution in [0.5, 0.6) is 0 Å². The summed E-state index contributed by atoms with van der Waals surface area (Å²) in [6.07, 6.45) is 7.01. The fourth-order valence-corrected chi connectivity index (χ4v) is 5.84. The van der Waals surface area contributed by atoms with Gasteiger partial charge in [0, 0.05) is 56.0 Å². The number of carbonyl (C=O) groups excluding carboxylic acids is 4. The summed E-state index contributed by atoms with van der Waals surface area (Å²) in [5.41, 5.74) is 4.38. The number of ketones is 2. The van der Waals surface area contributed by atoms with Crippen LogP contribution in [0, 0.1) is 19.7 Å². The SMILES string of the molecule is CCC(=O)N(C)c1ccc(-c2ccc(C(=O)Cc3ncc(C)o3)cn2)cc1Cl.CCC(=O)N(C)c1ccc(-c2ccc(C(=O)Cc3ncc(C)o3)nc2)cc1F. The van der Waals surface area contributed by atoms with E-state index in [0.717, 1.165) is 5.56 Å². The number of halogens is 2. The van der Waals surface area contributed by atoms with Crippen molar-refractivity contribution in [2.45, 2.75) is 53.4 Å². The topological polar surface area (TPSA) is 153 Å². The number of rotatable bonds is 12. The molecule has 0 radical (unpaired) electrons. The predicted molar refractivity (Wildman–Crippen MR) is 210 cm³/mol. The first-order valence-electron chi connectivity index (χ1n) is 17.7. The summed E-state index contributed by atoms with van der Waals surface area (Å²) in [7, 11) is 3.24. The van der Waals surface area contributed by atoms with Crippen molar-refractivity contribution in [2.75, 3.05) is 23.9 Å². The number of pyridine rings is 2. The van der Waals surface area contributed by atoms with Gasteiger partial charge in [0.15, 0.2) is 11.6 Å². The monoisotopic (exact) mass is 778 g/mol. The average molecular weight is 779 g/mol. The van der Waals surface area contributed by atoms with E-state index in [1.165, 1.54) is 28.3 Å². The molecule has 0 atom stereocenters. The highest BCUT2D eigenvalue weighted by Gasteiger charge is 2.17. The fourth-order valence-electron chi connectivity index (χ4n) is 5.53. The van der Waals surface area contributed by atoms with Crippen LogP contribution in [-0.2, 0) is 22.4 Å². The number of aromatic nitrogens is 4. The number of aryl methyl sites for hydroxylation is 2. The maximum atomic E-state index is 14.4. The standard InChI is InChI=1S/C21H20ClN3O3.C21H20FN3O3/c1-4-21(27)25(3)18-8-6-14(9-16(18)22)17-7-5-15(12-23-17)19(26)10-20-24-11-13(2)28-20;1-4-21(27)25(3)18-8-6-14(9-16(18)22)15-5-7-17(23-12-15)19(26)10-20-24-11-13(2)28-20/h2*5-9,11-12H,4,10H2,1-3H3. The molecule has 14 heteroatoms. The summed E-state index contributed by atoms with van der Waals surface area (Å²) < 4.78 is 25.1. The Morgan fingerprint density at radius 1 is 0.643 bits per heavy atom. The molecule has 0 aliphatic carbocycles. The van der Waals surface area contributed by atoms with Crippen LogP contribution in [0.2, 0.25) is 5.02 Å². The Labute approximate surface area is 328 Å². The number of oxazole rings is 2. The molecule has 12 nitrogen and oxygen atoms in total. The summed E-state index contributed by atoms with van der Waals surface area (Å²) in [6.45, 7) is 7.07. The van der Waals surface area contributed by atoms with Crippen molar-refractivity contribution in [3.63, 3.8) is 0 Å². The maximum absolute atomic E-state index is 14.4. The van der Waals surface area contributed by atoms with Gasteiger partial charge in [-0.05, 0) is 61.9 Å². The molecule has 2 amide bonds. The summed E-state index contributed by atoms with van der Waals surface area (Å²) in [5, 5.41) is 0.461. The third-order valence-electron chi connectivity index (χ3n) is 8.70. The van der Waals surface area contributed by atoms with E-state index in [1.54, 1.807) is 103 Å². The van der Waals surface area contributed by atoms with Gasteiger partial charge in [0.2, 0.25) is 23.6 Å². The number of hydrogen-bond donors (Lipinski definition) is 0. The van der Waals surface area contributed by atoms with Gasteiger partial charge in [-0.2, -0.15) is 0 Å². The molecule has 0 aliphatic heterocycles. The van der Waals surface area contributed by atoms with Crippen molar-refractivity contribution in [2.24, 2.45) is 0 Å². The van der Waals surface area contributed by atoms with Gasteiger partial charge in [0.1, 0.15) is 23.0 Å². The predicted octanol–water partition coefficient (Wildman–Crippen LogP) is 8.48. The minimum atomic E-state index is -0.499. The van der Waals surface area contributed by atoms with Crippen LogP contribution < -0.4 is 9.80 Å². The Bertz CT molecular complexity index is 2190. The molecule has 0 N–H and O–H groups in total. The van der Waals surface area contributed by atoms with E-state index in [4.69, 9.17) is 20.4 Å².